The first-order valence-electron chi connectivity index (χ1n) is 6.01. The van der Waals surface area contributed by atoms with Gasteiger partial charge >= 0.3 is 0 Å². The first-order valence-corrected chi connectivity index (χ1v) is 6.01. The van der Waals surface area contributed by atoms with E-state index in [2.05, 4.69) is 26.1 Å². The highest BCUT2D eigenvalue weighted by Crippen LogP contribution is 2.30. The van der Waals surface area contributed by atoms with Gasteiger partial charge in [-0.1, -0.05) is 39.0 Å². The van der Waals surface area contributed by atoms with E-state index in [1.165, 1.54) is 0 Å². The maximum absolute atomic E-state index is 12.0. The van der Waals surface area contributed by atoms with Crippen LogP contribution in [0.1, 0.15) is 40.2 Å². The number of hydrogen-bond acceptors (Lipinski definition) is 2. The van der Waals surface area contributed by atoms with Crippen molar-refractivity contribution in [3.05, 3.63) is 29.8 Å². The Hall–Kier alpha value is -1.82. The summed E-state index contributed by atoms with van der Waals surface area (Å²) in [6.45, 7) is 9.50. The molecule has 0 heterocycles. The van der Waals surface area contributed by atoms with Gasteiger partial charge in [0.15, 0.2) is 0 Å². The summed E-state index contributed by atoms with van der Waals surface area (Å²) in [7, 11) is 0. The molecule has 0 aliphatic rings. The van der Waals surface area contributed by atoms with Crippen molar-refractivity contribution < 1.29 is 4.79 Å². The molecule has 0 radical (unpaired) electrons. The topological polar surface area (TPSA) is 52.9 Å². The maximum Gasteiger partial charge on any atom is 0.244 e. The van der Waals surface area contributed by atoms with Gasteiger partial charge in [-0.3, -0.25) is 4.79 Å². The quantitative estimate of drug-likeness (QED) is 0.866. The minimum Gasteiger partial charge on any atom is -0.324 e. The molecule has 0 saturated heterocycles. The third kappa shape index (κ3) is 3.10. The summed E-state index contributed by atoms with van der Waals surface area (Å²) in [5.41, 5.74) is 0.761. The zero-order chi connectivity index (χ0) is 14.0. The van der Waals surface area contributed by atoms with Crippen molar-refractivity contribution in [3.8, 4) is 6.07 Å². The number of carbonyl (C=O) groups excluding carboxylic acids is 1. The fourth-order valence-electron chi connectivity index (χ4n) is 1.58. The highest BCUT2D eigenvalue weighted by atomic mass is 16.2. The van der Waals surface area contributed by atoms with Gasteiger partial charge in [0, 0.05) is 5.69 Å². The third-order valence-corrected chi connectivity index (χ3v) is 2.83. The molecule has 1 amide bonds. The molecule has 0 spiro atoms. The number of nitrogens with one attached hydrogen (secondary N) is 1. The molecule has 0 saturated carbocycles. The Morgan fingerprint density at radius 2 is 1.72 bits per heavy atom. The second kappa shape index (κ2) is 4.81. The summed E-state index contributed by atoms with van der Waals surface area (Å²) in [6.07, 6.45) is 0. The van der Waals surface area contributed by atoms with Crippen LogP contribution in [0.5, 0.6) is 0 Å². The molecule has 96 valence electrons. The Morgan fingerprint density at radius 1 is 1.17 bits per heavy atom. The van der Waals surface area contributed by atoms with Gasteiger partial charge in [-0.05, 0) is 30.9 Å². The highest BCUT2D eigenvalue weighted by molar-refractivity contribution is 5.97. The zero-order valence-electron chi connectivity index (χ0n) is 11.7. The van der Waals surface area contributed by atoms with Crippen LogP contribution >= 0.6 is 0 Å². The van der Waals surface area contributed by atoms with Gasteiger partial charge in [-0.2, -0.15) is 5.26 Å². The summed E-state index contributed by atoms with van der Waals surface area (Å²) in [5, 5.41) is 11.8. The van der Waals surface area contributed by atoms with E-state index >= 15 is 0 Å². The lowest BCUT2D eigenvalue weighted by Crippen LogP contribution is -2.30. The molecule has 0 aromatic heterocycles. The van der Waals surface area contributed by atoms with Gasteiger partial charge < -0.3 is 5.32 Å². The third-order valence-electron chi connectivity index (χ3n) is 2.83. The summed E-state index contributed by atoms with van der Waals surface area (Å²) < 4.78 is 0. The van der Waals surface area contributed by atoms with Crippen molar-refractivity contribution in [1.82, 2.24) is 0 Å². The second-order valence-electron chi connectivity index (χ2n) is 5.99. The minimum absolute atomic E-state index is 0.0549. The van der Waals surface area contributed by atoms with Gasteiger partial charge in [0.05, 0.1) is 6.07 Å². The van der Waals surface area contributed by atoms with Gasteiger partial charge in [-0.15, -0.1) is 0 Å². The fraction of sp³-hybridized carbons (Fsp3) is 0.467. The predicted octanol–water partition coefficient (Wildman–Crippen LogP) is 3.47. The zero-order valence-corrected chi connectivity index (χ0v) is 11.7. The predicted molar refractivity (Wildman–Crippen MR) is 73.2 cm³/mol. The first kappa shape index (κ1) is 14.2. The number of nitrogens with zero attached hydrogens (tertiary/aromatic N) is 1. The smallest absolute Gasteiger partial charge is 0.244 e. The summed E-state index contributed by atoms with van der Waals surface area (Å²) in [4.78, 5) is 12.0. The van der Waals surface area contributed by atoms with E-state index in [9.17, 15) is 4.79 Å². The molecule has 0 unspecified atom stereocenters. The number of nitriles is 1. The number of benzene rings is 1. The van der Waals surface area contributed by atoms with Crippen molar-refractivity contribution in [1.29, 1.82) is 5.26 Å². The van der Waals surface area contributed by atoms with Crippen LogP contribution in [0.3, 0.4) is 0 Å². The SMILES string of the molecule is CC(C)(C#N)C(=O)Nc1ccccc1C(C)(C)C. The molecule has 1 N–H and O–H groups in total. The molecule has 0 bridgehead atoms. The van der Waals surface area contributed by atoms with Crippen LogP contribution in [0.25, 0.3) is 0 Å². The monoisotopic (exact) mass is 244 g/mol. The lowest BCUT2D eigenvalue weighted by Gasteiger charge is -2.24. The molecule has 0 aliphatic heterocycles. The number of carbonyl (C=O) groups is 1. The largest absolute Gasteiger partial charge is 0.324 e. The van der Waals surface area contributed by atoms with Crippen LogP contribution in [0.15, 0.2) is 24.3 Å². The molecular weight excluding hydrogens is 224 g/mol. The highest BCUT2D eigenvalue weighted by Gasteiger charge is 2.28. The molecule has 3 heteroatoms. The Bertz CT molecular complexity index is 490. The van der Waals surface area contributed by atoms with Crippen LogP contribution < -0.4 is 5.32 Å². The molecule has 0 atom stereocenters. The molecule has 0 aliphatic carbocycles. The van der Waals surface area contributed by atoms with Crippen LogP contribution in [0.4, 0.5) is 5.69 Å². The molecule has 3 nitrogen and oxygen atoms in total. The summed E-state index contributed by atoms with van der Waals surface area (Å²) >= 11 is 0. The van der Waals surface area contributed by atoms with Crippen molar-refractivity contribution in [2.45, 2.75) is 40.0 Å². The summed E-state index contributed by atoms with van der Waals surface area (Å²) in [5.74, 6) is -0.276. The number of hydrogen-bond donors (Lipinski definition) is 1. The maximum atomic E-state index is 12.0. The van der Waals surface area contributed by atoms with E-state index in [-0.39, 0.29) is 11.3 Å². The van der Waals surface area contributed by atoms with E-state index in [0.717, 1.165) is 11.3 Å². The molecule has 1 aromatic rings. The molecular formula is C15H20N2O. The molecule has 1 rings (SSSR count). The van der Waals surface area contributed by atoms with Crippen LogP contribution in [-0.2, 0) is 10.2 Å². The summed E-state index contributed by atoms with van der Waals surface area (Å²) in [6, 6.07) is 9.70. The lowest BCUT2D eigenvalue weighted by atomic mass is 9.85. The van der Waals surface area contributed by atoms with Gasteiger partial charge in [0.25, 0.3) is 0 Å². The van der Waals surface area contributed by atoms with E-state index in [1.807, 2.05) is 30.3 Å². The van der Waals surface area contributed by atoms with Crippen LogP contribution in [0.2, 0.25) is 0 Å². The Kier molecular flexibility index (Phi) is 3.81. The van der Waals surface area contributed by atoms with E-state index in [1.54, 1.807) is 13.8 Å². The van der Waals surface area contributed by atoms with Gasteiger partial charge in [0.1, 0.15) is 5.41 Å². The van der Waals surface area contributed by atoms with Gasteiger partial charge in [0.2, 0.25) is 5.91 Å². The molecule has 0 fully saturated rings. The second-order valence-corrected chi connectivity index (χ2v) is 5.99. The van der Waals surface area contributed by atoms with Crippen molar-refractivity contribution in [2.24, 2.45) is 5.41 Å². The van der Waals surface area contributed by atoms with E-state index < -0.39 is 5.41 Å². The number of rotatable bonds is 2. The van der Waals surface area contributed by atoms with Crippen molar-refractivity contribution >= 4 is 11.6 Å². The minimum atomic E-state index is -1.02. The average Bonchev–Trinajstić information content (AvgIpc) is 2.28. The number of anilines is 1. The molecule has 1 aromatic carbocycles. The Labute approximate surface area is 109 Å². The van der Waals surface area contributed by atoms with E-state index in [4.69, 9.17) is 5.26 Å². The fourth-order valence-corrected chi connectivity index (χ4v) is 1.58. The molecule has 18 heavy (non-hydrogen) atoms. The Morgan fingerprint density at radius 3 is 2.22 bits per heavy atom. The first-order chi connectivity index (χ1) is 8.18. The van der Waals surface area contributed by atoms with Crippen LogP contribution in [-0.4, -0.2) is 5.91 Å². The number of amides is 1. The van der Waals surface area contributed by atoms with Crippen molar-refractivity contribution in [2.75, 3.05) is 5.32 Å². The van der Waals surface area contributed by atoms with Crippen molar-refractivity contribution in [3.63, 3.8) is 0 Å². The Balaban J connectivity index is 3.08. The van der Waals surface area contributed by atoms with E-state index in [0.29, 0.717) is 0 Å². The number of para-hydroxylation sites is 1. The lowest BCUT2D eigenvalue weighted by molar-refractivity contribution is -0.121. The standard InChI is InChI=1S/C15H20N2O/c1-14(2,3)11-8-6-7-9-12(11)17-13(18)15(4,5)10-16/h6-9H,1-5H3,(H,17,18). The van der Waals surface area contributed by atoms with Crippen LogP contribution in [0, 0.1) is 16.7 Å². The van der Waals surface area contributed by atoms with Gasteiger partial charge in [-0.25, -0.2) is 0 Å². The normalized spacial score (nSPS) is 11.8. The average molecular weight is 244 g/mol.